The first kappa shape index (κ1) is 27.0. The molecule has 3 fully saturated rings. The minimum absolute atomic E-state index is 0.0120. The first-order valence-corrected chi connectivity index (χ1v) is 13.1. The second-order valence-corrected chi connectivity index (χ2v) is 12.1. The van der Waals surface area contributed by atoms with Gasteiger partial charge in [-0.15, -0.1) is 0 Å². The number of fused-ring (bicyclic) bond motifs is 5. The van der Waals surface area contributed by atoms with Crippen LogP contribution in [0.15, 0.2) is 42.0 Å². The second-order valence-electron chi connectivity index (χ2n) is 12.1. The summed E-state index contributed by atoms with van der Waals surface area (Å²) in [5.74, 6) is -0.484. The number of hydrogen-bond donors (Lipinski definition) is 1. The van der Waals surface area contributed by atoms with Gasteiger partial charge in [0.25, 0.3) is 0 Å². The number of rotatable bonds is 2. The van der Waals surface area contributed by atoms with E-state index in [4.69, 9.17) is 0 Å². The van der Waals surface area contributed by atoms with Crippen molar-refractivity contribution >= 4 is 17.4 Å². The molecular formula is C29H31F6NO2. The minimum atomic E-state index is -4.92. The average Bonchev–Trinajstić information content (AvgIpc) is 3.16. The quantitative estimate of drug-likeness (QED) is 0.306. The Morgan fingerprint density at radius 1 is 1.00 bits per heavy atom. The second kappa shape index (κ2) is 8.71. The molecule has 1 aromatic rings. The smallest absolute Gasteiger partial charge is 0.325 e. The molecule has 4 aliphatic rings. The van der Waals surface area contributed by atoms with Crippen molar-refractivity contribution < 1.29 is 35.9 Å². The Hall–Kier alpha value is -2.58. The monoisotopic (exact) mass is 539 g/mol. The molecule has 206 valence electrons. The number of ketones is 1. The standard InChI is InChI=1S/C29H31F6NO2/c1-15-14-27(3)16(13-24(15)37)4-6-18-19-8-9-22(26(19,2)11-10-20(18)27)25(38)36-23-12-17(28(30,31)32)5-7-21(23)29(33,34)35/h5,7,12-13,18-20,22H,1,4,6,8-11,14H2,2-3H3,(H,36,38)/t18?,19?,20?,22-,26+,27+/m1/s1. The van der Waals surface area contributed by atoms with E-state index in [9.17, 15) is 35.9 Å². The molecule has 5 rings (SSSR count). The summed E-state index contributed by atoms with van der Waals surface area (Å²) in [6.45, 7) is 8.18. The van der Waals surface area contributed by atoms with Crippen molar-refractivity contribution in [2.24, 2.45) is 34.5 Å². The fourth-order valence-corrected chi connectivity index (χ4v) is 8.32. The number of hydrogen-bond acceptors (Lipinski definition) is 2. The molecule has 3 nitrogen and oxygen atoms in total. The van der Waals surface area contributed by atoms with E-state index < -0.39 is 46.4 Å². The molecule has 0 heterocycles. The zero-order chi connectivity index (χ0) is 27.8. The normalized spacial score (nSPS) is 35.2. The summed E-state index contributed by atoms with van der Waals surface area (Å²) < 4.78 is 80.5. The van der Waals surface area contributed by atoms with Crippen LogP contribution in [-0.4, -0.2) is 11.7 Å². The number of carbonyl (C=O) groups is 2. The van der Waals surface area contributed by atoms with Crippen LogP contribution in [0, 0.1) is 34.5 Å². The van der Waals surface area contributed by atoms with Crippen LogP contribution in [0.4, 0.5) is 32.0 Å². The number of amides is 1. The van der Waals surface area contributed by atoms with Gasteiger partial charge >= 0.3 is 12.4 Å². The maximum absolute atomic E-state index is 13.6. The van der Waals surface area contributed by atoms with Gasteiger partial charge in [0.1, 0.15) is 0 Å². The number of carbonyl (C=O) groups excluding carboxylic acids is 2. The first-order chi connectivity index (χ1) is 17.6. The molecule has 6 atom stereocenters. The molecule has 1 N–H and O–H groups in total. The SMILES string of the molecule is C=C1C[C@@]2(C)C(=CC1=O)CCC1C2CC[C@@]2(C)C1CC[C@@H]2C(=O)Nc1cc(C(F)(F)F)ccc1C(F)(F)F. The molecule has 0 bridgehead atoms. The summed E-state index contributed by atoms with van der Waals surface area (Å²) in [6.07, 6.45) is -3.02. The summed E-state index contributed by atoms with van der Waals surface area (Å²) in [6, 6.07) is 1.13. The van der Waals surface area contributed by atoms with Crippen molar-refractivity contribution in [3.63, 3.8) is 0 Å². The zero-order valence-corrected chi connectivity index (χ0v) is 21.4. The van der Waals surface area contributed by atoms with Crippen molar-refractivity contribution in [3.05, 3.63) is 53.1 Å². The van der Waals surface area contributed by atoms with Gasteiger partial charge in [-0.1, -0.05) is 26.0 Å². The summed E-state index contributed by atoms with van der Waals surface area (Å²) in [4.78, 5) is 25.7. The van der Waals surface area contributed by atoms with Crippen LogP contribution >= 0.6 is 0 Å². The van der Waals surface area contributed by atoms with E-state index in [2.05, 4.69) is 18.8 Å². The van der Waals surface area contributed by atoms with Gasteiger partial charge in [-0.25, -0.2) is 0 Å². The van der Waals surface area contributed by atoms with Crippen LogP contribution in [0.3, 0.4) is 0 Å². The zero-order valence-electron chi connectivity index (χ0n) is 21.4. The maximum atomic E-state index is 13.6. The van der Waals surface area contributed by atoms with E-state index in [1.807, 2.05) is 6.92 Å². The molecule has 0 aromatic heterocycles. The third kappa shape index (κ3) is 4.20. The minimum Gasteiger partial charge on any atom is -0.325 e. The van der Waals surface area contributed by atoms with Gasteiger partial charge in [-0.05, 0) is 103 Å². The first-order valence-electron chi connectivity index (χ1n) is 13.1. The highest BCUT2D eigenvalue weighted by Crippen LogP contribution is 2.67. The number of alkyl halides is 6. The van der Waals surface area contributed by atoms with Crippen LogP contribution in [0.1, 0.15) is 69.9 Å². The molecule has 1 amide bonds. The number of halogens is 6. The largest absolute Gasteiger partial charge is 0.418 e. The van der Waals surface area contributed by atoms with Gasteiger partial charge in [0, 0.05) is 5.92 Å². The Bertz CT molecular complexity index is 1230. The highest BCUT2D eigenvalue weighted by Gasteiger charge is 2.60. The topological polar surface area (TPSA) is 46.2 Å². The lowest BCUT2D eigenvalue weighted by Crippen LogP contribution is -2.51. The molecule has 3 unspecified atom stereocenters. The van der Waals surface area contributed by atoms with Crippen molar-refractivity contribution in [1.29, 1.82) is 0 Å². The van der Waals surface area contributed by atoms with Crippen molar-refractivity contribution in [2.75, 3.05) is 5.32 Å². The molecule has 1 aromatic carbocycles. The predicted octanol–water partition coefficient (Wildman–Crippen LogP) is 7.98. The van der Waals surface area contributed by atoms with Crippen LogP contribution in [0.2, 0.25) is 0 Å². The summed E-state index contributed by atoms with van der Waals surface area (Å²) in [7, 11) is 0. The van der Waals surface area contributed by atoms with Crippen LogP contribution < -0.4 is 5.32 Å². The molecule has 38 heavy (non-hydrogen) atoms. The van der Waals surface area contributed by atoms with Gasteiger partial charge in [0.2, 0.25) is 5.91 Å². The lowest BCUT2D eigenvalue weighted by Gasteiger charge is -2.58. The average molecular weight is 540 g/mol. The molecule has 0 aliphatic heterocycles. The molecule has 0 radical (unpaired) electrons. The number of allylic oxidation sites excluding steroid dienone is 2. The molecular weight excluding hydrogens is 508 g/mol. The predicted molar refractivity (Wildman–Crippen MR) is 130 cm³/mol. The van der Waals surface area contributed by atoms with E-state index in [1.54, 1.807) is 6.08 Å². The van der Waals surface area contributed by atoms with E-state index in [-0.39, 0.29) is 17.1 Å². The number of nitrogens with one attached hydrogen (secondary N) is 1. The highest BCUT2D eigenvalue weighted by molar-refractivity contribution is 6.05. The molecule has 0 saturated heterocycles. The van der Waals surface area contributed by atoms with E-state index in [0.717, 1.165) is 31.3 Å². The Balaban J connectivity index is 1.41. The lowest BCUT2D eigenvalue weighted by molar-refractivity contribution is -0.141. The van der Waals surface area contributed by atoms with Crippen molar-refractivity contribution in [2.45, 2.75) is 71.1 Å². The van der Waals surface area contributed by atoms with Crippen LogP contribution in [0.5, 0.6) is 0 Å². The number of benzene rings is 1. The fraction of sp³-hybridized carbons (Fsp3) is 0.586. The summed E-state index contributed by atoms with van der Waals surface area (Å²) >= 11 is 0. The molecule has 4 aliphatic carbocycles. The van der Waals surface area contributed by atoms with Gasteiger partial charge in [-0.2, -0.15) is 26.3 Å². The highest BCUT2D eigenvalue weighted by atomic mass is 19.4. The van der Waals surface area contributed by atoms with E-state index in [0.29, 0.717) is 54.9 Å². The third-order valence-electron chi connectivity index (χ3n) is 10.2. The van der Waals surface area contributed by atoms with Gasteiger partial charge < -0.3 is 5.32 Å². The van der Waals surface area contributed by atoms with Crippen molar-refractivity contribution in [1.82, 2.24) is 0 Å². The van der Waals surface area contributed by atoms with Gasteiger partial charge in [0.05, 0.1) is 16.8 Å². The third-order valence-corrected chi connectivity index (χ3v) is 10.2. The van der Waals surface area contributed by atoms with Crippen LogP contribution in [0.25, 0.3) is 0 Å². The number of anilines is 1. The lowest BCUT2D eigenvalue weighted by atomic mass is 9.46. The fourth-order valence-electron chi connectivity index (χ4n) is 8.32. The Morgan fingerprint density at radius 2 is 1.71 bits per heavy atom. The Morgan fingerprint density at radius 3 is 2.37 bits per heavy atom. The molecule has 0 spiro atoms. The molecule has 9 heteroatoms. The Labute approximate surface area is 217 Å². The van der Waals surface area contributed by atoms with Crippen molar-refractivity contribution in [3.8, 4) is 0 Å². The van der Waals surface area contributed by atoms with E-state index in [1.165, 1.54) is 0 Å². The Kier molecular flexibility index (Phi) is 6.19. The summed E-state index contributed by atoms with van der Waals surface area (Å²) in [5, 5.41) is 2.25. The molecule has 3 saturated carbocycles. The van der Waals surface area contributed by atoms with Crippen LogP contribution in [-0.2, 0) is 21.9 Å². The maximum Gasteiger partial charge on any atom is 0.418 e. The van der Waals surface area contributed by atoms with E-state index >= 15 is 0 Å². The summed E-state index contributed by atoms with van der Waals surface area (Å²) in [5.41, 5.74) is -2.27. The van der Waals surface area contributed by atoms with Gasteiger partial charge in [0.15, 0.2) is 5.78 Å². The van der Waals surface area contributed by atoms with Gasteiger partial charge in [-0.3, -0.25) is 9.59 Å².